The zero-order valence-electron chi connectivity index (χ0n) is 21.7. The van der Waals surface area contributed by atoms with Gasteiger partial charge in [-0.2, -0.15) is 8.42 Å². The molecule has 0 radical (unpaired) electrons. The van der Waals surface area contributed by atoms with Crippen molar-refractivity contribution in [3.63, 3.8) is 0 Å². The minimum atomic E-state index is -2.61. The van der Waals surface area contributed by atoms with Crippen LogP contribution in [0, 0.1) is 0 Å². The Morgan fingerprint density at radius 1 is 1.03 bits per heavy atom. The van der Waals surface area contributed by atoms with Gasteiger partial charge < -0.3 is 19.9 Å². The number of aromatic nitrogens is 2. The Balaban J connectivity index is 1.65. The van der Waals surface area contributed by atoms with Gasteiger partial charge in [-0.15, -0.1) is 0 Å². The van der Waals surface area contributed by atoms with Crippen molar-refractivity contribution in [2.24, 2.45) is 0 Å². The van der Waals surface area contributed by atoms with Gasteiger partial charge in [0.05, 0.1) is 24.3 Å². The lowest BCUT2D eigenvalue weighted by atomic mass is 10.0. The molecule has 0 saturated carbocycles. The number of amides is 2. The van der Waals surface area contributed by atoms with E-state index in [1.807, 2.05) is 36.7 Å². The van der Waals surface area contributed by atoms with E-state index in [1.165, 1.54) is 0 Å². The van der Waals surface area contributed by atoms with Crippen molar-refractivity contribution in [1.82, 2.24) is 14.9 Å². The van der Waals surface area contributed by atoms with Gasteiger partial charge in [-0.1, -0.05) is 76.1 Å². The van der Waals surface area contributed by atoms with Crippen molar-refractivity contribution in [3.05, 3.63) is 72.2 Å². The molecule has 3 aromatic rings. The fraction of sp³-hybridized carbons (Fsp3) is 0.393. The van der Waals surface area contributed by atoms with E-state index in [1.54, 1.807) is 24.3 Å². The third-order valence-corrected chi connectivity index (χ3v) is 6.50. The van der Waals surface area contributed by atoms with Gasteiger partial charge in [0.25, 0.3) is 0 Å². The molecule has 0 unspecified atom stereocenters. The van der Waals surface area contributed by atoms with E-state index in [2.05, 4.69) is 41.0 Å². The first-order valence-corrected chi connectivity index (χ1v) is 13.8. The number of carbonyl (C=O) groups excluding carboxylic acids is 1. The molecular formula is C28H36N4O4S. The number of benzene rings is 2. The predicted octanol–water partition coefficient (Wildman–Crippen LogP) is 5.45. The number of para-hydroxylation sites is 1. The van der Waals surface area contributed by atoms with Crippen LogP contribution in [-0.2, 0) is 21.6 Å². The standard InChI is InChI=1S/C28H36N4O4S/c1-4-5-11-17-29-28(33)31-24-16-10-9-15-23(24)27(37(34)35)36-19-12-18-32-20-30-25(26(32)21(2)3)22-13-7-6-8-14-22/h6-10,13-16,20-21H,4-5,11-12,17-19H2,1-3H3,(H2,29,31,33). The fourth-order valence-corrected chi connectivity index (χ4v) is 4.66. The third-order valence-electron chi connectivity index (χ3n) is 5.86. The molecule has 1 heterocycles. The molecule has 0 spiro atoms. The molecule has 0 aliphatic carbocycles. The minimum absolute atomic E-state index is 0.192. The van der Waals surface area contributed by atoms with Crippen LogP contribution in [0.15, 0.2) is 60.9 Å². The number of imidazole rings is 1. The van der Waals surface area contributed by atoms with E-state index < -0.39 is 10.3 Å². The van der Waals surface area contributed by atoms with Gasteiger partial charge in [-0.3, -0.25) is 0 Å². The number of rotatable bonds is 12. The molecule has 8 nitrogen and oxygen atoms in total. The van der Waals surface area contributed by atoms with Crippen molar-refractivity contribution >= 4 is 27.1 Å². The normalized spacial score (nSPS) is 10.9. The quantitative estimate of drug-likeness (QED) is 0.242. The van der Waals surface area contributed by atoms with Crippen LogP contribution in [-0.4, -0.2) is 42.2 Å². The van der Waals surface area contributed by atoms with Crippen LogP contribution in [0.3, 0.4) is 0 Å². The van der Waals surface area contributed by atoms with Crippen molar-refractivity contribution in [1.29, 1.82) is 0 Å². The zero-order chi connectivity index (χ0) is 26.6. The number of carbonyl (C=O) groups is 1. The molecule has 0 aliphatic heterocycles. The monoisotopic (exact) mass is 524 g/mol. The van der Waals surface area contributed by atoms with Crippen LogP contribution in [0.5, 0.6) is 0 Å². The Morgan fingerprint density at radius 3 is 2.46 bits per heavy atom. The summed E-state index contributed by atoms with van der Waals surface area (Å²) in [4.78, 5) is 16.9. The summed E-state index contributed by atoms with van der Waals surface area (Å²) in [5.41, 5.74) is 3.84. The number of nitrogens with zero attached hydrogens (tertiary/aromatic N) is 2. The molecule has 0 bridgehead atoms. The Hall–Kier alpha value is -3.43. The second-order valence-corrected chi connectivity index (χ2v) is 9.89. The fourth-order valence-electron chi connectivity index (χ4n) is 4.12. The van der Waals surface area contributed by atoms with Gasteiger partial charge >= 0.3 is 6.03 Å². The second kappa shape index (κ2) is 14.3. The number of anilines is 1. The maximum absolute atomic E-state index is 12.3. The molecule has 37 heavy (non-hydrogen) atoms. The lowest BCUT2D eigenvalue weighted by Crippen LogP contribution is -2.30. The van der Waals surface area contributed by atoms with Crippen LogP contribution >= 0.6 is 0 Å². The van der Waals surface area contributed by atoms with Crippen LogP contribution in [0.1, 0.15) is 63.6 Å². The number of unbranched alkanes of at least 4 members (excludes halogenated alkanes) is 2. The number of urea groups is 1. The Kier molecular flexibility index (Phi) is 10.9. The van der Waals surface area contributed by atoms with Gasteiger partial charge in [-0.25, -0.2) is 9.78 Å². The molecule has 0 saturated heterocycles. The molecule has 2 amide bonds. The summed E-state index contributed by atoms with van der Waals surface area (Å²) < 4.78 is 31.9. The molecule has 3 rings (SSSR count). The molecule has 0 fully saturated rings. The molecule has 0 aliphatic rings. The molecule has 1 aromatic heterocycles. The summed E-state index contributed by atoms with van der Waals surface area (Å²) in [6.07, 6.45) is 5.39. The van der Waals surface area contributed by atoms with Gasteiger partial charge in [0, 0.05) is 29.9 Å². The van der Waals surface area contributed by atoms with E-state index in [9.17, 15) is 13.2 Å². The highest BCUT2D eigenvalue weighted by Crippen LogP contribution is 2.28. The Morgan fingerprint density at radius 2 is 1.76 bits per heavy atom. The number of ether oxygens (including phenoxy) is 1. The summed E-state index contributed by atoms with van der Waals surface area (Å²) in [6.45, 7) is 7.74. The molecule has 2 N–H and O–H groups in total. The first kappa shape index (κ1) is 28.1. The maximum atomic E-state index is 12.3. The molecule has 0 atom stereocenters. The zero-order valence-corrected chi connectivity index (χ0v) is 22.6. The molecular weight excluding hydrogens is 488 g/mol. The van der Waals surface area contributed by atoms with Crippen molar-refractivity contribution < 1.29 is 17.9 Å². The van der Waals surface area contributed by atoms with Gasteiger partial charge in [0.2, 0.25) is 15.3 Å². The largest absolute Gasteiger partial charge is 0.338 e. The summed E-state index contributed by atoms with van der Waals surface area (Å²) >= 11 is 0. The van der Waals surface area contributed by atoms with Crippen LogP contribution in [0.25, 0.3) is 11.3 Å². The lowest BCUT2D eigenvalue weighted by Gasteiger charge is -2.14. The van der Waals surface area contributed by atoms with Crippen LogP contribution < -0.4 is 10.6 Å². The lowest BCUT2D eigenvalue weighted by molar-refractivity contribution is 0.252. The van der Waals surface area contributed by atoms with E-state index >= 15 is 0 Å². The van der Waals surface area contributed by atoms with Gasteiger partial charge in [0.15, 0.2) is 0 Å². The Bertz CT molecular complexity index is 1290. The summed E-state index contributed by atoms with van der Waals surface area (Å²) in [5.74, 6) is 0.265. The van der Waals surface area contributed by atoms with Crippen LogP contribution in [0.2, 0.25) is 0 Å². The predicted molar refractivity (Wildman–Crippen MR) is 148 cm³/mol. The van der Waals surface area contributed by atoms with Crippen LogP contribution in [0.4, 0.5) is 10.5 Å². The first-order chi connectivity index (χ1) is 17.9. The smallest absolute Gasteiger partial charge is 0.319 e. The van der Waals surface area contributed by atoms with E-state index in [-0.39, 0.29) is 23.6 Å². The van der Waals surface area contributed by atoms with E-state index in [0.717, 1.165) is 36.2 Å². The SMILES string of the molecule is CCCCCNC(=O)Nc1ccccc1C(OCCCn1cnc(-c2ccccc2)c1C(C)C)=S(=O)=O. The summed E-state index contributed by atoms with van der Waals surface area (Å²) in [5, 5.41) is 5.34. The van der Waals surface area contributed by atoms with Gasteiger partial charge in [0.1, 0.15) is 0 Å². The first-order valence-electron chi connectivity index (χ1n) is 12.8. The Labute approximate surface area is 220 Å². The summed E-state index contributed by atoms with van der Waals surface area (Å²) in [7, 11) is -2.61. The number of nitrogens with one attached hydrogen (secondary N) is 2. The highest BCUT2D eigenvalue weighted by atomic mass is 32.2. The second-order valence-electron chi connectivity index (χ2n) is 9.05. The molecule has 198 valence electrons. The highest BCUT2D eigenvalue weighted by molar-refractivity contribution is 7.73. The van der Waals surface area contributed by atoms with Crippen molar-refractivity contribution in [2.45, 2.75) is 58.9 Å². The topological polar surface area (TPSA) is 102 Å². The average Bonchev–Trinajstić information content (AvgIpc) is 3.32. The van der Waals surface area contributed by atoms with Crippen molar-refractivity contribution in [2.75, 3.05) is 18.5 Å². The minimum Gasteiger partial charge on any atom is -0.338 e. The maximum Gasteiger partial charge on any atom is 0.319 e. The highest BCUT2D eigenvalue weighted by Gasteiger charge is 2.17. The third kappa shape index (κ3) is 8.03. The van der Waals surface area contributed by atoms with E-state index in [0.29, 0.717) is 30.8 Å². The number of hydrogen-bond acceptors (Lipinski definition) is 5. The van der Waals surface area contributed by atoms with Crippen molar-refractivity contribution in [3.8, 4) is 11.3 Å². The molecule has 9 heteroatoms. The molecule has 2 aromatic carbocycles. The van der Waals surface area contributed by atoms with E-state index in [4.69, 9.17) is 4.74 Å². The number of hydrogen-bond donors (Lipinski definition) is 2. The average molecular weight is 525 g/mol. The van der Waals surface area contributed by atoms with Gasteiger partial charge in [-0.05, 0) is 30.9 Å². The summed E-state index contributed by atoms with van der Waals surface area (Å²) in [6, 6.07) is 16.4. The number of aryl methyl sites for hydroxylation is 1.